The van der Waals surface area contributed by atoms with E-state index in [1.54, 1.807) is 25.3 Å². The minimum atomic E-state index is -0.204. The predicted octanol–water partition coefficient (Wildman–Crippen LogP) is 4.84. The van der Waals surface area contributed by atoms with Crippen LogP contribution in [0.3, 0.4) is 0 Å². The molecular formula is C21H18FN3OS. The molecule has 0 radical (unpaired) electrons. The van der Waals surface area contributed by atoms with Crippen molar-refractivity contribution in [2.45, 2.75) is 19.8 Å². The summed E-state index contributed by atoms with van der Waals surface area (Å²) in [5.74, 6) is -0.314. The number of rotatable bonds is 5. The Balaban J connectivity index is 1.41. The number of aromatic nitrogens is 2. The van der Waals surface area contributed by atoms with E-state index in [9.17, 15) is 9.18 Å². The fourth-order valence-corrected chi connectivity index (χ4v) is 3.87. The second-order valence-electron chi connectivity index (χ2n) is 6.48. The van der Waals surface area contributed by atoms with Crippen LogP contribution < -0.4 is 5.32 Å². The van der Waals surface area contributed by atoms with Crippen molar-refractivity contribution >= 4 is 33.3 Å². The number of carbonyl (C=O) groups excluding carboxylic acids is 1. The van der Waals surface area contributed by atoms with Crippen LogP contribution in [0.1, 0.15) is 21.6 Å². The number of thiazole rings is 1. The fraction of sp³-hybridized carbons (Fsp3) is 0.143. The van der Waals surface area contributed by atoms with Gasteiger partial charge in [0.2, 0.25) is 5.91 Å². The van der Waals surface area contributed by atoms with Crippen molar-refractivity contribution in [1.29, 1.82) is 0 Å². The fourth-order valence-electron chi connectivity index (χ4n) is 3.01. The predicted molar refractivity (Wildman–Crippen MR) is 107 cm³/mol. The molecular weight excluding hydrogens is 361 g/mol. The first-order valence-corrected chi connectivity index (χ1v) is 9.45. The average molecular weight is 379 g/mol. The molecule has 4 rings (SSSR count). The van der Waals surface area contributed by atoms with E-state index in [2.05, 4.69) is 15.3 Å². The van der Waals surface area contributed by atoms with E-state index >= 15 is 0 Å². The topological polar surface area (TPSA) is 57.8 Å². The molecule has 6 heteroatoms. The van der Waals surface area contributed by atoms with Crippen molar-refractivity contribution in [2.24, 2.45) is 0 Å². The van der Waals surface area contributed by atoms with Gasteiger partial charge in [0.1, 0.15) is 5.82 Å². The van der Waals surface area contributed by atoms with Crippen LogP contribution in [0.5, 0.6) is 0 Å². The first kappa shape index (κ1) is 17.4. The normalized spacial score (nSPS) is 11.0. The smallest absolute Gasteiger partial charge is 0.230 e. The van der Waals surface area contributed by atoms with Crippen molar-refractivity contribution in [1.82, 2.24) is 9.97 Å². The number of benzene rings is 2. The van der Waals surface area contributed by atoms with E-state index < -0.39 is 0 Å². The first-order valence-electron chi connectivity index (χ1n) is 8.63. The number of amides is 1. The third kappa shape index (κ3) is 3.90. The summed E-state index contributed by atoms with van der Waals surface area (Å²) in [5, 5.41) is 4.46. The molecule has 0 aliphatic carbocycles. The molecule has 4 aromatic rings. The molecule has 0 aliphatic rings. The van der Waals surface area contributed by atoms with E-state index in [0.717, 1.165) is 26.9 Å². The van der Waals surface area contributed by atoms with E-state index in [0.29, 0.717) is 17.1 Å². The van der Waals surface area contributed by atoms with Gasteiger partial charge in [-0.2, -0.15) is 0 Å². The van der Waals surface area contributed by atoms with Gasteiger partial charge >= 0.3 is 0 Å². The Morgan fingerprint density at radius 1 is 1.26 bits per heavy atom. The molecule has 2 aromatic heterocycles. The highest BCUT2D eigenvalue weighted by atomic mass is 32.1. The average Bonchev–Trinajstić information content (AvgIpc) is 3.25. The van der Waals surface area contributed by atoms with Crippen molar-refractivity contribution in [3.05, 3.63) is 82.2 Å². The number of halogens is 1. The zero-order valence-electron chi connectivity index (χ0n) is 14.8. The van der Waals surface area contributed by atoms with Gasteiger partial charge in [-0.05, 0) is 35.7 Å². The Labute approximate surface area is 160 Å². The maximum absolute atomic E-state index is 13.7. The zero-order chi connectivity index (χ0) is 18.8. The monoisotopic (exact) mass is 379 g/mol. The van der Waals surface area contributed by atoms with Gasteiger partial charge < -0.3 is 10.3 Å². The van der Waals surface area contributed by atoms with Crippen molar-refractivity contribution < 1.29 is 9.18 Å². The summed E-state index contributed by atoms with van der Waals surface area (Å²) in [5.41, 5.74) is 3.49. The largest absolute Gasteiger partial charge is 0.361 e. The van der Waals surface area contributed by atoms with Gasteiger partial charge in [-0.15, -0.1) is 11.3 Å². The Bertz CT molecular complexity index is 1120. The first-order chi connectivity index (χ1) is 13.1. The lowest BCUT2D eigenvalue weighted by Gasteiger charge is -2.02. The van der Waals surface area contributed by atoms with Crippen molar-refractivity contribution in [3.63, 3.8) is 0 Å². The molecule has 1 amide bonds. The summed E-state index contributed by atoms with van der Waals surface area (Å²) in [6.07, 6.45) is 4.46. The number of fused-ring (bicyclic) bond motifs is 1. The third-order valence-corrected chi connectivity index (χ3v) is 5.35. The van der Waals surface area contributed by atoms with E-state index in [1.165, 1.54) is 11.3 Å². The molecule has 0 bridgehead atoms. The van der Waals surface area contributed by atoms with E-state index in [4.69, 9.17) is 0 Å². The second kappa shape index (κ2) is 7.32. The SMILES string of the molecule is Cc1ccc(Cc2cnc(NC(=O)Cc3c[nH]c4ccccc34)s2)cc1F. The van der Waals surface area contributed by atoms with Gasteiger partial charge in [-0.25, -0.2) is 9.37 Å². The molecule has 0 saturated carbocycles. The molecule has 0 unspecified atom stereocenters. The number of anilines is 1. The number of nitrogens with one attached hydrogen (secondary N) is 2. The highest BCUT2D eigenvalue weighted by Crippen LogP contribution is 2.23. The van der Waals surface area contributed by atoms with Crippen LogP contribution in [0.2, 0.25) is 0 Å². The van der Waals surface area contributed by atoms with Gasteiger partial charge in [0.15, 0.2) is 5.13 Å². The van der Waals surface area contributed by atoms with E-state index in [-0.39, 0.29) is 18.1 Å². The van der Waals surface area contributed by atoms with Gasteiger partial charge in [0.25, 0.3) is 0 Å². The number of aryl methyl sites for hydroxylation is 1. The number of nitrogens with zero attached hydrogens (tertiary/aromatic N) is 1. The van der Waals surface area contributed by atoms with Crippen LogP contribution in [0.15, 0.2) is 54.9 Å². The second-order valence-corrected chi connectivity index (χ2v) is 7.59. The summed E-state index contributed by atoms with van der Waals surface area (Å²) in [7, 11) is 0. The number of aromatic amines is 1. The lowest BCUT2D eigenvalue weighted by Crippen LogP contribution is -2.13. The van der Waals surface area contributed by atoms with Crippen LogP contribution in [0.25, 0.3) is 10.9 Å². The summed E-state index contributed by atoms with van der Waals surface area (Å²) in [4.78, 5) is 20.8. The molecule has 136 valence electrons. The van der Waals surface area contributed by atoms with Crippen LogP contribution in [-0.4, -0.2) is 15.9 Å². The standard InChI is InChI=1S/C21H18FN3OS/c1-13-6-7-14(9-18(13)22)8-16-12-24-21(27-16)25-20(26)10-15-11-23-19-5-3-2-4-17(15)19/h2-7,9,11-12,23H,8,10H2,1H3,(H,24,25,26). The Morgan fingerprint density at radius 3 is 2.96 bits per heavy atom. The van der Waals surface area contributed by atoms with Gasteiger partial charge in [0.05, 0.1) is 6.42 Å². The maximum atomic E-state index is 13.7. The number of hydrogen-bond donors (Lipinski definition) is 2. The molecule has 4 nitrogen and oxygen atoms in total. The number of para-hydroxylation sites is 1. The molecule has 0 fully saturated rings. The Hall–Kier alpha value is -2.99. The third-order valence-electron chi connectivity index (χ3n) is 4.44. The maximum Gasteiger partial charge on any atom is 0.230 e. The molecule has 0 atom stereocenters. The van der Waals surface area contributed by atoms with E-state index in [1.807, 2.05) is 36.5 Å². The molecule has 2 aromatic carbocycles. The molecule has 2 heterocycles. The van der Waals surface area contributed by atoms with Crippen LogP contribution >= 0.6 is 11.3 Å². The number of H-pyrrole nitrogens is 1. The van der Waals surface area contributed by atoms with Crippen molar-refractivity contribution in [2.75, 3.05) is 5.32 Å². The van der Waals surface area contributed by atoms with Crippen molar-refractivity contribution in [3.8, 4) is 0 Å². The molecule has 27 heavy (non-hydrogen) atoms. The lowest BCUT2D eigenvalue weighted by atomic mass is 10.1. The lowest BCUT2D eigenvalue weighted by molar-refractivity contribution is -0.115. The molecule has 2 N–H and O–H groups in total. The quantitative estimate of drug-likeness (QED) is 0.521. The van der Waals surface area contributed by atoms with Gasteiger partial charge in [0, 0.05) is 34.6 Å². The molecule has 0 aliphatic heterocycles. The number of hydrogen-bond acceptors (Lipinski definition) is 3. The highest BCUT2D eigenvalue weighted by molar-refractivity contribution is 7.15. The minimum Gasteiger partial charge on any atom is -0.361 e. The Morgan fingerprint density at radius 2 is 2.11 bits per heavy atom. The van der Waals surface area contributed by atoms with Crippen LogP contribution in [0.4, 0.5) is 9.52 Å². The molecule has 0 spiro atoms. The summed E-state index contributed by atoms with van der Waals surface area (Å²) in [6, 6.07) is 13.1. The zero-order valence-corrected chi connectivity index (χ0v) is 15.6. The van der Waals surface area contributed by atoms with Gasteiger partial charge in [-0.3, -0.25) is 4.79 Å². The summed E-state index contributed by atoms with van der Waals surface area (Å²) < 4.78 is 13.7. The minimum absolute atomic E-state index is 0.109. The highest BCUT2D eigenvalue weighted by Gasteiger charge is 2.11. The number of carbonyl (C=O) groups is 1. The Kier molecular flexibility index (Phi) is 4.73. The summed E-state index contributed by atoms with van der Waals surface area (Å²) >= 11 is 1.41. The molecule has 0 saturated heterocycles. The summed E-state index contributed by atoms with van der Waals surface area (Å²) in [6.45, 7) is 1.74. The van der Waals surface area contributed by atoms with Crippen LogP contribution in [-0.2, 0) is 17.6 Å². The van der Waals surface area contributed by atoms with Crippen LogP contribution in [0, 0.1) is 12.7 Å². The van der Waals surface area contributed by atoms with Gasteiger partial charge in [-0.1, -0.05) is 30.3 Å².